The first-order valence-electron chi connectivity index (χ1n) is 8.60. The van der Waals surface area contributed by atoms with E-state index in [1.165, 1.54) is 57.2 Å². The number of likely N-dealkylation sites (tertiary alicyclic amines) is 1. The van der Waals surface area contributed by atoms with Gasteiger partial charge in [0.05, 0.1) is 0 Å². The molecule has 3 atom stereocenters. The zero-order chi connectivity index (χ0) is 14.0. The summed E-state index contributed by atoms with van der Waals surface area (Å²) in [7, 11) is 0. The van der Waals surface area contributed by atoms with E-state index < -0.39 is 0 Å². The van der Waals surface area contributed by atoms with Crippen LogP contribution in [0.15, 0.2) is 18.3 Å². The molecule has 21 heavy (non-hydrogen) atoms. The fourth-order valence-corrected chi connectivity index (χ4v) is 6.00. The summed E-state index contributed by atoms with van der Waals surface area (Å²) in [4.78, 5) is 7.06. The van der Waals surface area contributed by atoms with Gasteiger partial charge in [-0.2, -0.15) is 0 Å². The standard InChI is InChI=1S/C18H23ClN2/c19-16-6-13(4-5-20-16)17-14-2-1-3-15(17)11-21(10-14)18-7-12(8-18)9-18/h4-6,12,14-15,17H,1-3,7-11H2/t12?,14-,15+,17?,18?. The molecule has 0 amide bonds. The minimum absolute atomic E-state index is 0.652. The molecule has 112 valence electrons. The van der Waals surface area contributed by atoms with E-state index in [2.05, 4.69) is 22.0 Å². The molecule has 3 heteroatoms. The van der Waals surface area contributed by atoms with Crippen LogP contribution >= 0.6 is 11.6 Å². The molecule has 0 radical (unpaired) electrons. The summed E-state index contributed by atoms with van der Waals surface area (Å²) in [6.45, 7) is 2.65. The van der Waals surface area contributed by atoms with E-state index in [9.17, 15) is 0 Å². The molecule has 0 spiro atoms. The number of piperidine rings is 1. The van der Waals surface area contributed by atoms with Crippen molar-refractivity contribution in [1.82, 2.24) is 9.88 Å². The predicted molar refractivity (Wildman–Crippen MR) is 84.5 cm³/mol. The van der Waals surface area contributed by atoms with Crippen molar-refractivity contribution in [2.24, 2.45) is 17.8 Å². The van der Waals surface area contributed by atoms with E-state index in [0.717, 1.165) is 23.7 Å². The first-order chi connectivity index (χ1) is 10.2. The fourth-order valence-electron chi connectivity index (χ4n) is 5.81. The van der Waals surface area contributed by atoms with Crippen LogP contribution in [0.4, 0.5) is 0 Å². The van der Waals surface area contributed by atoms with Crippen LogP contribution in [-0.4, -0.2) is 28.5 Å². The van der Waals surface area contributed by atoms with Crippen LogP contribution in [0.25, 0.3) is 0 Å². The molecule has 1 aromatic rings. The zero-order valence-electron chi connectivity index (χ0n) is 12.5. The van der Waals surface area contributed by atoms with Gasteiger partial charge in [-0.1, -0.05) is 18.0 Å². The molecule has 0 N–H and O–H groups in total. The molecule has 1 aliphatic heterocycles. The van der Waals surface area contributed by atoms with Crippen molar-refractivity contribution in [3.05, 3.63) is 29.0 Å². The summed E-state index contributed by atoms with van der Waals surface area (Å²) < 4.78 is 0. The summed E-state index contributed by atoms with van der Waals surface area (Å²) in [5, 5.41) is 0.660. The predicted octanol–water partition coefficient (Wildman–Crippen LogP) is 4.10. The minimum Gasteiger partial charge on any atom is -0.297 e. The van der Waals surface area contributed by atoms with Gasteiger partial charge >= 0.3 is 0 Å². The van der Waals surface area contributed by atoms with Crippen molar-refractivity contribution in [1.29, 1.82) is 0 Å². The van der Waals surface area contributed by atoms with Crippen LogP contribution in [0.2, 0.25) is 5.15 Å². The van der Waals surface area contributed by atoms with Gasteiger partial charge in [0.1, 0.15) is 5.15 Å². The Labute approximate surface area is 131 Å². The largest absolute Gasteiger partial charge is 0.297 e. The van der Waals surface area contributed by atoms with E-state index in [4.69, 9.17) is 11.6 Å². The van der Waals surface area contributed by atoms with Gasteiger partial charge in [0.25, 0.3) is 0 Å². The van der Waals surface area contributed by atoms with Gasteiger partial charge in [-0.3, -0.25) is 4.90 Å². The molecule has 2 nitrogen and oxygen atoms in total. The van der Waals surface area contributed by atoms with Gasteiger partial charge < -0.3 is 0 Å². The van der Waals surface area contributed by atoms with Crippen molar-refractivity contribution >= 4 is 11.6 Å². The highest BCUT2D eigenvalue weighted by Crippen LogP contribution is 2.62. The maximum atomic E-state index is 6.14. The number of fused-ring (bicyclic) bond motifs is 2. The van der Waals surface area contributed by atoms with E-state index in [-0.39, 0.29) is 0 Å². The number of aromatic nitrogens is 1. The SMILES string of the molecule is Clc1cc(C2[C@@H]3CCC[C@H]2CN(C24CC(C2)C4)C3)ccn1. The summed E-state index contributed by atoms with van der Waals surface area (Å²) in [5.41, 5.74) is 2.10. The lowest BCUT2D eigenvalue weighted by atomic mass is 9.48. The Hall–Kier alpha value is -0.600. The number of rotatable bonds is 2. The smallest absolute Gasteiger partial charge is 0.129 e. The molecule has 6 rings (SSSR count). The number of hydrogen-bond donors (Lipinski definition) is 0. The normalized spacial score (nSPS) is 44.8. The van der Waals surface area contributed by atoms with E-state index in [1.807, 2.05) is 6.20 Å². The minimum atomic E-state index is 0.652. The molecule has 5 aliphatic rings. The van der Waals surface area contributed by atoms with Gasteiger partial charge in [0.15, 0.2) is 0 Å². The maximum absolute atomic E-state index is 6.14. The Kier molecular flexibility index (Phi) is 2.74. The van der Waals surface area contributed by atoms with Crippen molar-refractivity contribution in [3.8, 4) is 0 Å². The zero-order valence-corrected chi connectivity index (χ0v) is 13.2. The molecular formula is C18H23ClN2. The third kappa shape index (κ3) is 1.85. The van der Waals surface area contributed by atoms with Crippen molar-refractivity contribution < 1.29 is 0 Å². The van der Waals surface area contributed by atoms with Crippen LogP contribution in [0.1, 0.15) is 50.0 Å². The van der Waals surface area contributed by atoms with Crippen LogP contribution in [0, 0.1) is 17.8 Å². The lowest BCUT2D eigenvalue weighted by molar-refractivity contribution is -0.170. The van der Waals surface area contributed by atoms with E-state index >= 15 is 0 Å². The molecule has 5 fully saturated rings. The van der Waals surface area contributed by atoms with E-state index in [1.54, 1.807) is 0 Å². The highest BCUT2D eigenvalue weighted by Gasteiger charge is 2.61. The molecule has 0 aromatic carbocycles. The second kappa shape index (κ2) is 4.45. The molecule has 1 aromatic heterocycles. The Morgan fingerprint density at radius 3 is 2.43 bits per heavy atom. The Morgan fingerprint density at radius 1 is 1.14 bits per heavy atom. The van der Waals surface area contributed by atoms with Crippen LogP contribution in [0.3, 0.4) is 0 Å². The fraction of sp³-hybridized carbons (Fsp3) is 0.722. The highest BCUT2D eigenvalue weighted by atomic mass is 35.5. The summed E-state index contributed by atoms with van der Waals surface area (Å²) in [5.74, 6) is 3.49. The van der Waals surface area contributed by atoms with Gasteiger partial charge in [0.2, 0.25) is 0 Å². The van der Waals surface area contributed by atoms with Gasteiger partial charge in [-0.25, -0.2) is 4.98 Å². The summed E-state index contributed by atoms with van der Waals surface area (Å²) >= 11 is 6.14. The lowest BCUT2D eigenvalue weighted by Gasteiger charge is -2.69. The Morgan fingerprint density at radius 2 is 1.86 bits per heavy atom. The number of nitrogens with zero attached hydrogens (tertiary/aromatic N) is 2. The highest BCUT2D eigenvalue weighted by molar-refractivity contribution is 6.29. The van der Waals surface area contributed by atoms with Crippen molar-refractivity contribution in [2.75, 3.05) is 13.1 Å². The molecule has 2 heterocycles. The van der Waals surface area contributed by atoms with E-state index in [0.29, 0.717) is 10.7 Å². The van der Waals surface area contributed by atoms with Crippen LogP contribution in [0.5, 0.6) is 0 Å². The first-order valence-corrected chi connectivity index (χ1v) is 8.98. The van der Waals surface area contributed by atoms with Crippen molar-refractivity contribution in [3.63, 3.8) is 0 Å². The summed E-state index contributed by atoms with van der Waals surface area (Å²) in [6, 6.07) is 4.33. The number of hydrogen-bond acceptors (Lipinski definition) is 2. The third-order valence-electron chi connectivity index (χ3n) is 6.89. The quantitative estimate of drug-likeness (QED) is 0.765. The Balaban J connectivity index is 1.43. The van der Waals surface area contributed by atoms with Crippen LogP contribution in [-0.2, 0) is 0 Å². The Bertz CT molecular complexity index is 541. The van der Waals surface area contributed by atoms with Crippen molar-refractivity contribution in [2.45, 2.75) is 50.0 Å². The summed E-state index contributed by atoms with van der Waals surface area (Å²) in [6.07, 6.45) is 10.6. The number of halogens is 1. The first kappa shape index (κ1) is 12.9. The molecule has 1 saturated heterocycles. The molecule has 1 unspecified atom stereocenters. The molecular weight excluding hydrogens is 280 g/mol. The molecule has 4 saturated carbocycles. The monoisotopic (exact) mass is 302 g/mol. The van der Waals surface area contributed by atoms with Gasteiger partial charge in [-0.05, 0) is 73.5 Å². The molecule has 4 bridgehead atoms. The average Bonchev–Trinajstić information content (AvgIpc) is 2.34. The topological polar surface area (TPSA) is 16.1 Å². The number of pyridine rings is 1. The third-order valence-corrected chi connectivity index (χ3v) is 7.09. The maximum Gasteiger partial charge on any atom is 0.129 e. The average molecular weight is 303 g/mol. The second-order valence-electron chi connectivity index (χ2n) is 8.00. The lowest BCUT2D eigenvalue weighted by Crippen LogP contribution is -2.71. The second-order valence-corrected chi connectivity index (χ2v) is 8.38. The van der Waals surface area contributed by atoms with Crippen LogP contribution < -0.4 is 0 Å². The van der Waals surface area contributed by atoms with Gasteiger partial charge in [-0.15, -0.1) is 0 Å². The molecule has 4 aliphatic carbocycles. The van der Waals surface area contributed by atoms with Gasteiger partial charge in [0, 0.05) is 24.8 Å².